The van der Waals surface area contributed by atoms with E-state index in [1.165, 1.54) is 30.6 Å². The molecule has 0 bridgehead atoms. The van der Waals surface area contributed by atoms with Gasteiger partial charge in [0.1, 0.15) is 6.61 Å². The summed E-state index contributed by atoms with van der Waals surface area (Å²) in [6, 6.07) is 22.1. The lowest BCUT2D eigenvalue weighted by Gasteiger charge is -2.25. The fraction of sp³-hybridized carbons (Fsp3) is 0.222. The second kappa shape index (κ2) is 12.1. The molecule has 38 heavy (non-hydrogen) atoms. The van der Waals surface area contributed by atoms with Gasteiger partial charge in [-0.2, -0.15) is 0 Å². The molecule has 0 spiro atoms. The normalized spacial score (nSPS) is 11.6. The molecule has 1 heterocycles. The Balaban J connectivity index is 1.47. The number of anilines is 1. The number of thiazole rings is 1. The van der Waals surface area contributed by atoms with E-state index in [9.17, 15) is 18.0 Å². The zero-order valence-corrected chi connectivity index (χ0v) is 22.5. The van der Waals surface area contributed by atoms with Crippen LogP contribution in [0.2, 0.25) is 0 Å². The number of rotatable bonds is 11. The summed E-state index contributed by atoms with van der Waals surface area (Å²) in [5.74, 6) is -0.628. The van der Waals surface area contributed by atoms with Gasteiger partial charge in [-0.05, 0) is 55.0 Å². The second-order valence-electron chi connectivity index (χ2n) is 8.63. The van der Waals surface area contributed by atoms with Gasteiger partial charge in [0.05, 0.1) is 27.2 Å². The number of benzene rings is 3. The molecule has 3 aromatic carbocycles. The van der Waals surface area contributed by atoms with Gasteiger partial charge in [-0.25, -0.2) is 13.4 Å². The SMILES string of the molecule is CC(=O)COC(=O)CCN(Cc1ccccc1)c1ccc(/N=N/c2nc3ccc(S(C)(=O)=O)cc3s2)cc1. The van der Waals surface area contributed by atoms with Crippen LogP contribution in [-0.2, 0) is 30.7 Å². The summed E-state index contributed by atoms with van der Waals surface area (Å²) in [7, 11) is -3.31. The average molecular weight is 551 g/mol. The summed E-state index contributed by atoms with van der Waals surface area (Å²) in [6.07, 6.45) is 1.31. The van der Waals surface area contributed by atoms with Crippen molar-refractivity contribution in [1.82, 2.24) is 4.98 Å². The average Bonchev–Trinajstić information content (AvgIpc) is 3.31. The lowest BCUT2D eigenvalue weighted by atomic mass is 10.2. The van der Waals surface area contributed by atoms with E-state index in [0.29, 0.717) is 29.4 Å². The Morgan fingerprint density at radius 3 is 2.42 bits per heavy atom. The first kappa shape index (κ1) is 27.1. The Kier molecular flexibility index (Phi) is 8.59. The Morgan fingerprint density at radius 1 is 1.00 bits per heavy atom. The van der Waals surface area contributed by atoms with Crippen LogP contribution in [-0.4, -0.2) is 44.6 Å². The van der Waals surface area contributed by atoms with Crippen LogP contribution in [0.5, 0.6) is 0 Å². The fourth-order valence-corrected chi connectivity index (χ4v) is 5.13. The zero-order valence-electron chi connectivity index (χ0n) is 20.9. The molecule has 4 rings (SSSR count). The highest BCUT2D eigenvalue weighted by Crippen LogP contribution is 2.31. The number of hydrogen-bond donors (Lipinski definition) is 0. The van der Waals surface area contributed by atoms with Crippen LogP contribution in [0.4, 0.5) is 16.5 Å². The Hall–Kier alpha value is -3.96. The van der Waals surface area contributed by atoms with Crippen LogP contribution in [0.3, 0.4) is 0 Å². The first-order valence-corrected chi connectivity index (χ1v) is 14.4. The van der Waals surface area contributed by atoms with E-state index in [0.717, 1.165) is 16.0 Å². The summed E-state index contributed by atoms with van der Waals surface area (Å²) >= 11 is 1.26. The molecule has 0 saturated heterocycles. The number of nitrogens with zero attached hydrogens (tertiary/aromatic N) is 4. The molecule has 11 heteroatoms. The molecule has 0 radical (unpaired) electrons. The number of azo groups is 1. The summed E-state index contributed by atoms with van der Waals surface area (Å²) in [4.78, 5) is 29.9. The van der Waals surface area contributed by atoms with Crippen LogP contribution in [0.15, 0.2) is 87.9 Å². The maximum absolute atomic E-state index is 12.1. The molecule has 0 N–H and O–H groups in total. The topological polar surface area (TPSA) is 118 Å². The maximum Gasteiger partial charge on any atom is 0.308 e. The number of carbonyl (C=O) groups excluding carboxylic acids is 2. The fourth-order valence-electron chi connectivity index (χ4n) is 3.58. The van der Waals surface area contributed by atoms with Crippen LogP contribution in [0.1, 0.15) is 18.9 Å². The van der Waals surface area contributed by atoms with Crippen molar-refractivity contribution in [3.63, 3.8) is 0 Å². The monoisotopic (exact) mass is 550 g/mol. The van der Waals surface area contributed by atoms with Crippen molar-refractivity contribution in [3.05, 3.63) is 78.4 Å². The zero-order chi connectivity index (χ0) is 27.1. The van der Waals surface area contributed by atoms with Crippen LogP contribution < -0.4 is 4.90 Å². The number of ketones is 1. The Labute approximate surface area is 224 Å². The highest BCUT2D eigenvalue weighted by atomic mass is 32.2. The molecule has 0 unspecified atom stereocenters. The van der Waals surface area contributed by atoms with E-state index >= 15 is 0 Å². The number of fused-ring (bicyclic) bond motifs is 1. The number of Topliss-reactive ketones (excluding diaryl/α,β-unsaturated/α-hetero) is 1. The van der Waals surface area contributed by atoms with Crippen molar-refractivity contribution in [2.75, 3.05) is 24.3 Å². The van der Waals surface area contributed by atoms with Crippen LogP contribution in [0, 0.1) is 0 Å². The number of ether oxygens (including phenoxy) is 1. The molecule has 0 saturated carbocycles. The largest absolute Gasteiger partial charge is 0.458 e. The lowest BCUT2D eigenvalue weighted by Crippen LogP contribution is -2.26. The van der Waals surface area contributed by atoms with Crippen molar-refractivity contribution >= 4 is 59.6 Å². The molecular formula is C27H26N4O5S2. The first-order chi connectivity index (χ1) is 18.2. The van der Waals surface area contributed by atoms with Crippen molar-refractivity contribution < 1.29 is 22.7 Å². The maximum atomic E-state index is 12.1. The summed E-state index contributed by atoms with van der Waals surface area (Å²) in [5, 5.41) is 8.92. The number of carbonyl (C=O) groups is 2. The quantitative estimate of drug-likeness (QED) is 0.175. The standard InChI is InChI=1S/C27H26N4O5S2/c1-19(32)18-36-26(33)14-15-31(17-20-6-4-3-5-7-20)22-10-8-21(9-11-22)29-30-27-28-24-13-12-23(38(2,34)35)16-25(24)37-27/h3-13,16H,14-15,17-18H2,1-2H3/b30-29+. The molecule has 0 aliphatic heterocycles. The van der Waals surface area contributed by atoms with Gasteiger partial charge in [0, 0.05) is 25.0 Å². The van der Waals surface area contributed by atoms with E-state index in [1.807, 2.05) is 54.6 Å². The minimum atomic E-state index is -3.31. The van der Waals surface area contributed by atoms with Gasteiger partial charge in [0.2, 0.25) is 5.13 Å². The first-order valence-electron chi connectivity index (χ1n) is 11.7. The predicted molar refractivity (Wildman–Crippen MR) is 147 cm³/mol. The molecule has 1 aromatic heterocycles. The molecule has 196 valence electrons. The van der Waals surface area contributed by atoms with Crippen molar-refractivity contribution in [1.29, 1.82) is 0 Å². The van der Waals surface area contributed by atoms with Gasteiger partial charge >= 0.3 is 5.97 Å². The molecule has 0 aliphatic rings. The van der Waals surface area contributed by atoms with E-state index in [-0.39, 0.29) is 23.7 Å². The Bertz CT molecular complexity index is 1570. The van der Waals surface area contributed by atoms with Crippen LogP contribution >= 0.6 is 11.3 Å². The molecule has 0 amide bonds. The number of hydrogen-bond acceptors (Lipinski definition) is 10. The lowest BCUT2D eigenvalue weighted by molar-refractivity contribution is -0.147. The molecule has 4 aromatic rings. The van der Waals surface area contributed by atoms with Crippen LogP contribution in [0.25, 0.3) is 10.2 Å². The third kappa shape index (κ3) is 7.53. The molecule has 0 aliphatic carbocycles. The predicted octanol–water partition coefficient (Wildman–Crippen LogP) is 5.64. The second-order valence-corrected chi connectivity index (χ2v) is 11.7. The minimum Gasteiger partial charge on any atom is -0.458 e. The van der Waals surface area contributed by atoms with E-state index < -0.39 is 15.8 Å². The minimum absolute atomic E-state index is 0.139. The summed E-state index contributed by atoms with van der Waals surface area (Å²) in [5.41, 5.74) is 3.25. The third-order valence-corrected chi connectivity index (χ3v) is 7.49. The van der Waals surface area contributed by atoms with Crippen molar-refractivity contribution in [2.24, 2.45) is 10.2 Å². The van der Waals surface area contributed by atoms with Gasteiger partial charge < -0.3 is 9.64 Å². The Morgan fingerprint density at radius 2 is 1.74 bits per heavy atom. The highest BCUT2D eigenvalue weighted by molar-refractivity contribution is 7.90. The third-order valence-electron chi connectivity index (χ3n) is 5.48. The van der Waals surface area contributed by atoms with Gasteiger partial charge in [0.15, 0.2) is 15.6 Å². The molecule has 0 atom stereocenters. The van der Waals surface area contributed by atoms with E-state index in [2.05, 4.69) is 20.1 Å². The van der Waals surface area contributed by atoms with E-state index in [4.69, 9.17) is 4.74 Å². The molecule has 9 nitrogen and oxygen atoms in total. The van der Waals surface area contributed by atoms with Crippen molar-refractivity contribution in [2.45, 2.75) is 24.8 Å². The summed E-state index contributed by atoms with van der Waals surface area (Å²) in [6.45, 7) is 2.15. The van der Waals surface area contributed by atoms with Crippen molar-refractivity contribution in [3.8, 4) is 0 Å². The van der Waals surface area contributed by atoms with Gasteiger partial charge in [0.25, 0.3) is 0 Å². The number of aromatic nitrogens is 1. The molecule has 0 fully saturated rings. The van der Waals surface area contributed by atoms with Gasteiger partial charge in [-0.15, -0.1) is 10.2 Å². The smallest absolute Gasteiger partial charge is 0.308 e. The van der Waals surface area contributed by atoms with Gasteiger partial charge in [-0.3, -0.25) is 9.59 Å². The highest BCUT2D eigenvalue weighted by Gasteiger charge is 2.13. The molecular weight excluding hydrogens is 524 g/mol. The number of esters is 1. The number of sulfone groups is 1. The van der Waals surface area contributed by atoms with E-state index in [1.54, 1.807) is 12.1 Å². The summed E-state index contributed by atoms with van der Waals surface area (Å²) < 4.78 is 29.3. The van der Waals surface area contributed by atoms with Gasteiger partial charge in [-0.1, -0.05) is 41.7 Å².